The lowest BCUT2D eigenvalue weighted by Gasteiger charge is -2.41. The van der Waals surface area contributed by atoms with Crippen LogP contribution in [0.1, 0.15) is 52.9 Å². The van der Waals surface area contributed by atoms with E-state index in [1.807, 2.05) is 12.1 Å². The molecule has 1 saturated carbocycles. The first-order chi connectivity index (χ1) is 11.1. The molecule has 0 bridgehead atoms. The fourth-order valence-electron chi connectivity index (χ4n) is 2.99. The summed E-state index contributed by atoms with van der Waals surface area (Å²) in [6, 6.07) is 5.98. The Morgan fingerprint density at radius 1 is 1.00 bits per heavy atom. The van der Waals surface area contributed by atoms with Crippen LogP contribution in [0.2, 0.25) is 28.2 Å². The predicted octanol–water partition coefficient (Wildman–Crippen LogP) is 7.13. The molecule has 5 heteroatoms. The van der Waals surface area contributed by atoms with Crippen LogP contribution in [0.5, 0.6) is 0 Å². The monoisotopic (exact) mass is 387 g/mol. The minimum atomic E-state index is -1.79. The largest absolute Gasteiger partial charge is 0.412 e. The van der Waals surface area contributed by atoms with E-state index in [4.69, 9.17) is 27.6 Å². The van der Waals surface area contributed by atoms with Crippen molar-refractivity contribution in [3.8, 4) is 0 Å². The smallest absolute Gasteiger partial charge is 0.192 e. The summed E-state index contributed by atoms with van der Waals surface area (Å²) >= 11 is 12.3. The van der Waals surface area contributed by atoms with E-state index in [0.717, 1.165) is 18.5 Å². The lowest BCUT2D eigenvalue weighted by Crippen LogP contribution is -2.48. The number of rotatable bonds is 4. The number of anilines is 1. The zero-order chi connectivity index (χ0) is 18.0. The molecule has 1 fully saturated rings. The maximum Gasteiger partial charge on any atom is 0.192 e. The van der Waals surface area contributed by atoms with Crippen LogP contribution in [0.4, 0.5) is 5.69 Å². The fourth-order valence-corrected chi connectivity index (χ4v) is 4.90. The van der Waals surface area contributed by atoms with Gasteiger partial charge in [0.1, 0.15) is 0 Å². The summed E-state index contributed by atoms with van der Waals surface area (Å²) in [7, 11) is -1.79. The van der Waals surface area contributed by atoms with Crippen molar-refractivity contribution in [2.75, 3.05) is 5.32 Å². The molecule has 0 saturated heterocycles. The quantitative estimate of drug-likeness (QED) is 0.438. The summed E-state index contributed by atoms with van der Waals surface area (Å²) in [4.78, 5) is 0. The van der Waals surface area contributed by atoms with Crippen molar-refractivity contribution in [2.45, 2.75) is 83.2 Å². The molecule has 24 heavy (non-hydrogen) atoms. The topological polar surface area (TPSA) is 21.3 Å². The molecule has 1 N–H and O–H groups in total. The summed E-state index contributed by atoms with van der Waals surface area (Å²) in [5, 5.41) is 5.21. The van der Waals surface area contributed by atoms with Crippen molar-refractivity contribution in [1.29, 1.82) is 0 Å². The molecule has 0 spiro atoms. The molecule has 0 heterocycles. The fraction of sp³-hybridized carbons (Fsp3) is 0.684. The van der Waals surface area contributed by atoms with Crippen LogP contribution < -0.4 is 5.32 Å². The van der Waals surface area contributed by atoms with Gasteiger partial charge in [-0.2, -0.15) is 0 Å². The molecule has 2 nitrogen and oxygen atoms in total. The molecule has 0 aliphatic heterocycles. The molecule has 0 aromatic heterocycles. The third-order valence-corrected chi connectivity index (χ3v) is 10.4. The van der Waals surface area contributed by atoms with Gasteiger partial charge in [-0.1, -0.05) is 63.2 Å². The first-order valence-electron chi connectivity index (χ1n) is 8.99. The van der Waals surface area contributed by atoms with Gasteiger partial charge in [-0.3, -0.25) is 0 Å². The van der Waals surface area contributed by atoms with Gasteiger partial charge in [-0.15, -0.1) is 0 Å². The highest BCUT2D eigenvalue weighted by Crippen LogP contribution is 2.39. The summed E-state index contributed by atoms with van der Waals surface area (Å²) in [5.74, 6) is 0. The average Bonchev–Trinajstić information content (AvgIpc) is 2.62. The molecule has 1 aliphatic carbocycles. The molecular weight excluding hydrogens is 357 g/mol. The first kappa shape index (κ1) is 20.1. The van der Waals surface area contributed by atoms with Gasteiger partial charge in [0.2, 0.25) is 0 Å². The van der Waals surface area contributed by atoms with Gasteiger partial charge in [0.25, 0.3) is 0 Å². The molecular formula is C19H31Cl2NOSi. The van der Waals surface area contributed by atoms with Crippen LogP contribution in [0, 0.1) is 0 Å². The molecule has 2 unspecified atom stereocenters. The van der Waals surface area contributed by atoms with Crippen LogP contribution in [0.15, 0.2) is 18.2 Å². The summed E-state index contributed by atoms with van der Waals surface area (Å²) < 4.78 is 6.78. The molecule has 2 atom stereocenters. The third kappa shape index (κ3) is 5.39. The Bertz CT molecular complexity index is 537. The maximum atomic E-state index is 6.78. The maximum absolute atomic E-state index is 6.78. The zero-order valence-electron chi connectivity index (χ0n) is 15.6. The van der Waals surface area contributed by atoms with E-state index < -0.39 is 8.32 Å². The highest BCUT2D eigenvalue weighted by molar-refractivity contribution is 6.74. The Balaban J connectivity index is 2.17. The van der Waals surface area contributed by atoms with Crippen molar-refractivity contribution in [3.05, 3.63) is 28.2 Å². The van der Waals surface area contributed by atoms with Crippen LogP contribution >= 0.6 is 23.2 Å². The molecule has 1 aliphatic rings. The Hall–Kier alpha value is -0.223. The van der Waals surface area contributed by atoms with Gasteiger partial charge in [0, 0.05) is 15.7 Å². The average molecular weight is 388 g/mol. The van der Waals surface area contributed by atoms with Crippen molar-refractivity contribution in [1.82, 2.24) is 0 Å². The second-order valence-corrected chi connectivity index (χ2v) is 14.1. The van der Waals surface area contributed by atoms with Gasteiger partial charge < -0.3 is 9.74 Å². The van der Waals surface area contributed by atoms with E-state index >= 15 is 0 Å². The SMILES string of the molecule is CC(C)(C)[Si](C)(C)OC1CCCCCC1Nc1cc(Cl)cc(Cl)c1. The highest BCUT2D eigenvalue weighted by Gasteiger charge is 2.40. The standard InChI is InChI=1S/C19H31Cl2NOSi/c1-19(2,3)24(4,5)23-18-10-8-6-7-9-17(18)22-16-12-14(20)11-15(21)13-16/h11-13,17-18,22H,6-10H2,1-5H3. The molecule has 1 aromatic rings. The van der Waals surface area contributed by atoms with Crippen molar-refractivity contribution < 1.29 is 4.43 Å². The molecule has 0 radical (unpaired) electrons. The van der Waals surface area contributed by atoms with E-state index in [1.54, 1.807) is 6.07 Å². The van der Waals surface area contributed by atoms with Gasteiger partial charge in [-0.05, 0) is 49.2 Å². The van der Waals surface area contributed by atoms with Crippen LogP contribution in [0.3, 0.4) is 0 Å². The number of nitrogens with one attached hydrogen (secondary N) is 1. The number of hydrogen-bond donors (Lipinski definition) is 1. The van der Waals surface area contributed by atoms with E-state index in [9.17, 15) is 0 Å². The predicted molar refractivity (Wildman–Crippen MR) is 109 cm³/mol. The Morgan fingerprint density at radius 3 is 2.17 bits per heavy atom. The van der Waals surface area contributed by atoms with Crippen LogP contribution in [-0.2, 0) is 4.43 Å². The number of halogens is 2. The van der Waals surface area contributed by atoms with E-state index in [-0.39, 0.29) is 11.1 Å². The number of benzene rings is 1. The van der Waals surface area contributed by atoms with Crippen molar-refractivity contribution in [2.24, 2.45) is 0 Å². The van der Waals surface area contributed by atoms with Crippen molar-refractivity contribution in [3.63, 3.8) is 0 Å². The normalized spacial score (nSPS) is 23.0. The Labute approximate surface area is 158 Å². The van der Waals surface area contributed by atoms with Gasteiger partial charge in [-0.25, -0.2) is 0 Å². The summed E-state index contributed by atoms with van der Waals surface area (Å²) in [5.41, 5.74) is 0.989. The molecule has 2 rings (SSSR count). The minimum Gasteiger partial charge on any atom is -0.412 e. The highest BCUT2D eigenvalue weighted by atomic mass is 35.5. The van der Waals surface area contributed by atoms with Gasteiger partial charge in [0.15, 0.2) is 8.32 Å². The first-order valence-corrected chi connectivity index (χ1v) is 12.7. The van der Waals surface area contributed by atoms with E-state index in [1.165, 1.54) is 19.3 Å². The summed E-state index contributed by atoms with van der Waals surface area (Å²) in [6.45, 7) is 11.6. The Morgan fingerprint density at radius 2 is 1.58 bits per heavy atom. The van der Waals surface area contributed by atoms with E-state index in [2.05, 4.69) is 39.2 Å². The van der Waals surface area contributed by atoms with Gasteiger partial charge >= 0.3 is 0 Å². The lowest BCUT2D eigenvalue weighted by atomic mass is 10.1. The van der Waals surface area contributed by atoms with Crippen LogP contribution in [-0.4, -0.2) is 20.5 Å². The molecule has 136 valence electrons. The second-order valence-electron chi connectivity index (χ2n) is 8.46. The minimum absolute atomic E-state index is 0.225. The van der Waals surface area contributed by atoms with Crippen LogP contribution in [0.25, 0.3) is 0 Å². The molecule has 1 aromatic carbocycles. The summed E-state index contributed by atoms with van der Waals surface area (Å²) in [6.07, 6.45) is 6.27. The lowest BCUT2D eigenvalue weighted by molar-refractivity contribution is 0.151. The second kappa shape index (κ2) is 7.99. The molecule has 0 amide bonds. The number of hydrogen-bond acceptors (Lipinski definition) is 2. The Kier molecular flexibility index (Phi) is 6.69. The third-order valence-electron chi connectivity index (χ3n) is 5.42. The zero-order valence-corrected chi connectivity index (χ0v) is 18.1. The van der Waals surface area contributed by atoms with Gasteiger partial charge in [0.05, 0.1) is 12.1 Å². The van der Waals surface area contributed by atoms with Crippen molar-refractivity contribution >= 4 is 37.2 Å². The van der Waals surface area contributed by atoms with E-state index in [0.29, 0.717) is 16.1 Å².